The maximum absolute atomic E-state index is 13.8. The molecule has 3 aromatic heterocycles. The first-order valence-corrected chi connectivity index (χ1v) is 11.6. The molecule has 1 atom stereocenters. The van der Waals surface area contributed by atoms with E-state index in [9.17, 15) is 14.0 Å². The van der Waals surface area contributed by atoms with Gasteiger partial charge >= 0.3 is 0 Å². The Morgan fingerprint density at radius 2 is 2.00 bits per heavy atom. The van der Waals surface area contributed by atoms with Gasteiger partial charge in [-0.25, -0.2) is 14.4 Å². The lowest BCUT2D eigenvalue weighted by Gasteiger charge is -2.31. The normalized spacial score (nSPS) is 11.8. The van der Waals surface area contributed by atoms with Gasteiger partial charge in [0.25, 0.3) is 5.91 Å². The number of rotatable bonds is 8. The van der Waals surface area contributed by atoms with Gasteiger partial charge < -0.3 is 14.7 Å². The smallest absolute Gasteiger partial charge is 0.277 e. The molecule has 2 amide bonds. The summed E-state index contributed by atoms with van der Waals surface area (Å²) in [6.07, 6.45) is 6.34. The van der Waals surface area contributed by atoms with E-state index < -0.39 is 17.9 Å². The largest absolute Gasteiger partial charge is 0.441 e. The van der Waals surface area contributed by atoms with E-state index in [0.29, 0.717) is 34.7 Å². The van der Waals surface area contributed by atoms with Crippen LogP contribution < -0.4 is 10.2 Å². The van der Waals surface area contributed by atoms with Crippen molar-refractivity contribution >= 4 is 28.6 Å². The third-order valence-corrected chi connectivity index (χ3v) is 5.81. The first kappa shape index (κ1) is 23.9. The van der Waals surface area contributed by atoms with Gasteiger partial charge in [0.1, 0.15) is 23.1 Å². The predicted octanol–water partition coefficient (Wildman–Crippen LogP) is 4.14. The number of H-pyrrole nitrogens is 1. The number of nitrogens with one attached hydrogen (secondary N) is 2. The summed E-state index contributed by atoms with van der Waals surface area (Å²) >= 11 is 0. The zero-order valence-electron chi connectivity index (χ0n) is 19.9. The number of fused-ring (bicyclic) bond motifs is 1. The van der Waals surface area contributed by atoms with Crippen molar-refractivity contribution in [3.63, 3.8) is 0 Å². The lowest BCUT2D eigenvalue weighted by Crippen LogP contribution is -2.44. The standard InChI is InChI=1S/C27H23FN6O3/c1-17-33-22-8-7-21(13-24(22)37-17)34(27(36)23-15-30-16-32-23)25(19-5-3-10-29-14-19)26(35)31-11-9-18-4-2-6-20(28)12-18/h2-8,10,12-16,25H,9,11H2,1H3,(H,30,32)(H,31,35). The maximum Gasteiger partial charge on any atom is 0.277 e. The minimum Gasteiger partial charge on any atom is -0.441 e. The highest BCUT2D eigenvalue weighted by Gasteiger charge is 2.34. The Kier molecular flexibility index (Phi) is 6.71. The fourth-order valence-electron chi connectivity index (χ4n) is 4.14. The van der Waals surface area contributed by atoms with Gasteiger partial charge in [0.2, 0.25) is 5.91 Å². The van der Waals surface area contributed by atoms with Crippen molar-refractivity contribution in [2.24, 2.45) is 0 Å². The van der Waals surface area contributed by atoms with E-state index in [1.807, 2.05) is 0 Å². The highest BCUT2D eigenvalue weighted by atomic mass is 19.1. The van der Waals surface area contributed by atoms with E-state index in [1.54, 1.807) is 61.8 Å². The number of aryl methyl sites for hydroxylation is 1. The first-order valence-electron chi connectivity index (χ1n) is 11.6. The Balaban J connectivity index is 1.52. The number of anilines is 1. The van der Waals surface area contributed by atoms with Crippen LogP contribution in [0.1, 0.15) is 33.5 Å². The third kappa shape index (κ3) is 5.22. The van der Waals surface area contributed by atoms with E-state index in [2.05, 4.69) is 25.3 Å². The monoisotopic (exact) mass is 498 g/mol. The number of pyridine rings is 1. The van der Waals surface area contributed by atoms with Gasteiger partial charge in [-0.1, -0.05) is 18.2 Å². The summed E-state index contributed by atoms with van der Waals surface area (Å²) in [5.74, 6) is -0.753. The summed E-state index contributed by atoms with van der Waals surface area (Å²) in [6.45, 7) is 1.98. The number of aromatic amines is 1. The Labute approximate surface area is 211 Å². The second-order valence-corrected chi connectivity index (χ2v) is 8.39. The number of carbonyl (C=O) groups is 2. The number of carbonyl (C=O) groups excluding carboxylic acids is 2. The number of nitrogens with zero attached hydrogens (tertiary/aromatic N) is 4. The number of aromatic nitrogens is 4. The molecule has 0 saturated carbocycles. The van der Waals surface area contributed by atoms with E-state index in [4.69, 9.17) is 4.42 Å². The van der Waals surface area contributed by atoms with Gasteiger partial charge in [-0.15, -0.1) is 0 Å². The van der Waals surface area contributed by atoms with Crippen LogP contribution in [0.25, 0.3) is 11.1 Å². The second-order valence-electron chi connectivity index (χ2n) is 8.39. The van der Waals surface area contributed by atoms with Crippen LogP contribution in [0.2, 0.25) is 0 Å². The van der Waals surface area contributed by atoms with Crippen LogP contribution in [0.15, 0.2) is 83.9 Å². The van der Waals surface area contributed by atoms with Crippen molar-refractivity contribution in [3.05, 3.63) is 108 Å². The van der Waals surface area contributed by atoms with Gasteiger partial charge in [0.05, 0.1) is 12.5 Å². The van der Waals surface area contributed by atoms with E-state index in [-0.39, 0.29) is 18.1 Å². The molecule has 0 bridgehead atoms. The SMILES string of the molecule is Cc1nc2ccc(N(C(=O)c3cnc[nH]3)C(C(=O)NCCc3cccc(F)c3)c3cccnc3)cc2o1. The molecule has 0 aliphatic heterocycles. The number of halogens is 1. The fraction of sp³-hybridized carbons (Fsp3) is 0.148. The number of benzene rings is 2. The zero-order valence-corrected chi connectivity index (χ0v) is 19.9. The summed E-state index contributed by atoms with van der Waals surface area (Å²) in [5.41, 5.74) is 3.00. The van der Waals surface area contributed by atoms with Crippen molar-refractivity contribution in [2.45, 2.75) is 19.4 Å². The Morgan fingerprint density at radius 3 is 2.76 bits per heavy atom. The fourth-order valence-corrected chi connectivity index (χ4v) is 4.14. The van der Waals surface area contributed by atoms with Crippen LogP contribution in [-0.4, -0.2) is 38.3 Å². The Morgan fingerprint density at radius 1 is 1.11 bits per heavy atom. The summed E-state index contributed by atoms with van der Waals surface area (Å²) in [6, 6.07) is 13.7. The minimum atomic E-state index is -1.07. The predicted molar refractivity (Wildman–Crippen MR) is 134 cm³/mol. The average Bonchev–Trinajstić information content (AvgIpc) is 3.56. The van der Waals surface area contributed by atoms with Crippen molar-refractivity contribution in [3.8, 4) is 0 Å². The van der Waals surface area contributed by atoms with E-state index >= 15 is 0 Å². The summed E-state index contributed by atoms with van der Waals surface area (Å²) in [4.78, 5) is 44.1. The summed E-state index contributed by atoms with van der Waals surface area (Å²) in [5, 5.41) is 2.90. The first-order chi connectivity index (χ1) is 18.0. The van der Waals surface area contributed by atoms with Gasteiger partial charge in [-0.05, 0) is 42.3 Å². The Bertz CT molecular complexity index is 1530. The third-order valence-electron chi connectivity index (χ3n) is 5.81. The number of oxazole rings is 1. The quantitative estimate of drug-likeness (QED) is 0.332. The molecule has 5 aromatic rings. The number of hydrogen-bond donors (Lipinski definition) is 2. The molecule has 3 heterocycles. The van der Waals surface area contributed by atoms with Crippen LogP contribution in [-0.2, 0) is 11.2 Å². The molecular formula is C27H23FN6O3. The molecule has 0 aliphatic rings. The van der Waals surface area contributed by atoms with Crippen molar-refractivity contribution in [1.82, 2.24) is 25.3 Å². The van der Waals surface area contributed by atoms with Gasteiger partial charge in [-0.3, -0.25) is 19.5 Å². The van der Waals surface area contributed by atoms with Gasteiger partial charge in [0, 0.05) is 43.2 Å². The van der Waals surface area contributed by atoms with Crippen LogP contribution in [0.3, 0.4) is 0 Å². The molecule has 0 aliphatic carbocycles. The number of hydrogen-bond acceptors (Lipinski definition) is 6. The van der Waals surface area contributed by atoms with Crippen molar-refractivity contribution in [1.29, 1.82) is 0 Å². The van der Waals surface area contributed by atoms with Gasteiger partial charge in [-0.2, -0.15) is 0 Å². The Hall–Kier alpha value is -4.86. The number of imidazole rings is 1. The van der Waals surface area contributed by atoms with E-state index in [1.165, 1.54) is 29.6 Å². The highest BCUT2D eigenvalue weighted by Crippen LogP contribution is 2.31. The molecule has 0 saturated heterocycles. The zero-order chi connectivity index (χ0) is 25.8. The summed E-state index contributed by atoms with van der Waals surface area (Å²) in [7, 11) is 0. The molecule has 9 nitrogen and oxygen atoms in total. The molecular weight excluding hydrogens is 475 g/mol. The highest BCUT2D eigenvalue weighted by molar-refractivity contribution is 6.09. The molecule has 2 N–H and O–H groups in total. The molecule has 2 aromatic carbocycles. The molecule has 37 heavy (non-hydrogen) atoms. The lowest BCUT2D eigenvalue weighted by atomic mass is 10.0. The molecule has 186 valence electrons. The number of amides is 2. The average molecular weight is 499 g/mol. The second kappa shape index (κ2) is 10.4. The topological polar surface area (TPSA) is 117 Å². The molecule has 5 rings (SSSR count). The minimum absolute atomic E-state index is 0.204. The molecule has 0 radical (unpaired) electrons. The molecule has 10 heteroatoms. The molecule has 0 spiro atoms. The summed E-state index contributed by atoms with van der Waals surface area (Å²) < 4.78 is 19.3. The van der Waals surface area contributed by atoms with Crippen LogP contribution in [0.4, 0.5) is 10.1 Å². The lowest BCUT2D eigenvalue weighted by molar-refractivity contribution is -0.122. The van der Waals surface area contributed by atoms with Crippen LogP contribution in [0.5, 0.6) is 0 Å². The van der Waals surface area contributed by atoms with Gasteiger partial charge in [0.15, 0.2) is 11.5 Å². The molecule has 1 unspecified atom stereocenters. The van der Waals surface area contributed by atoms with Crippen LogP contribution >= 0.6 is 0 Å². The maximum atomic E-state index is 13.8. The molecule has 0 fully saturated rings. The van der Waals surface area contributed by atoms with Crippen molar-refractivity contribution < 1.29 is 18.4 Å². The van der Waals surface area contributed by atoms with Crippen molar-refractivity contribution in [2.75, 3.05) is 11.4 Å². The van der Waals surface area contributed by atoms with E-state index in [0.717, 1.165) is 5.56 Å². The van der Waals surface area contributed by atoms with Crippen LogP contribution in [0, 0.1) is 12.7 Å².